The highest BCUT2D eigenvalue weighted by molar-refractivity contribution is 7.47. The Hall–Kier alpha value is -2.46. The minimum atomic E-state index is -4.95. The van der Waals surface area contributed by atoms with E-state index in [1.807, 2.05) is 0 Å². The van der Waals surface area contributed by atoms with Gasteiger partial charge in [-0.2, -0.15) is 0 Å². The first kappa shape index (κ1) is 81.5. The third-order valence-corrected chi connectivity index (χ3v) is 16.5. The number of aliphatic hydroxyl groups is 1. The summed E-state index contributed by atoms with van der Waals surface area (Å²) in [5.41, 5.74) is 0. The lowest BCUT2D eigenvalue weighted by atomic mass is 10.00. The quantitative estimate of drug-likeness (QED) is 0.0169. The zero-order valence-electron chi connectivity index (χ0n) is 53.8. The molecule has 19 heteroatoms. The van der Waals surface area contributed by atoms with E-state index in [4.69, 9.17) is 37.0 Å². The Balaban J connectivity index is 5.28. The van der Waals surface area contributed by atoms with Gasteiger partial charge in [0.15, 0.2) is 12.2 Å². The third-order valence-electron chi connectivity index (χ3n) is 14.6. The first-order valence-electron chi connectivity index (χ1n) is 33.2. The molecule has 0 aromatic heterocycles. The predicted octanol–water partition coefficient (Wildman–Crippen LogP) is 17.4. The highest BCUT2D eigenvalue weighted by Crippen LogP contribution is 2.45. The number of aliphatic hydroxyl groups excluding tert-OH is 1. The van der Waals surface area contributed by atoms with E-state index in [9.17, 15) is 43.2 Å². The van der Waals surface area contributed by atoms with E-state index in [-0.39, 0.29) is 25.7 Å². The van der Waals surface area contributed by atoms with E-state index in [1.54, 1.807) is 0 Å². The second-order valence-corrected chi connectivity index (χ2v) is 26.9. The van der Waals surface area contributed by atoms with Gasteiger partial charge in [0.1, 0.15) is 19.3 Å². The predicted molar refractivity (Wildman–Crippen MR) is 335 cm³/mol. The summed E-state index contributed by atoms with van der Waals surface area (Å²) in [6.07, 6.45) is 40.1. The van der Waals surface area contributed by atoms with E-state index in [0.29, 0.717) is 37.5 Å². The van der Waals surface area contributed by atoms with Gasteiger partial charge in [-0.25, -0.2) is 9.13 Å². The van der Waals surface area contributed by atoms with Gasteiger partial charge in [0.05, 0.1) is 26.4 Å². The molecule has 0 bridgehead atoms. The van der Waals surface area contributed by atoms with Crippen LogP contribution < -0.4 is 0 Å². The van der Waals surface area contributed by atoms with Crippen molar-refractivity contribution in [2.45, 2.75) is 311 Å². The number of rotatable bonds is 61. The number of allylic oxidation sites excluding steroid dienone is 4. The van der Waals surface area contributed by atoms with Gasteiger partial charge in [-0.05, 0) is 69.1 Å². The summed E-state index contributed by atoms with van der Waals surface area (Å²) < 4.78 is 67.9. The van der Waals surface area contributed by atoms with Crippen LogP contribution in [0.3, 0.4) is 0 Å². The summed E-state index contributed by atoms with van der Waals surface area (Å²) in [6, 6.07) is 0. The Morgan fingerprint density at radius 1 is 0.393 bits per heavy atom. The van der Waals surface area contributed by atoms with Gasteiger partial charge < -0.3 is 33.8 Å². The molecule has 0 fully saturated rings. The average molecular weight is 1240 g/mol. The number of carbonyl (C=O) groups excluding carboxylic acids is 4. The lowest BCUT2D eigenvalue weighted by molar-refractivity contribution is -0.161. The van der Waals surface area contributed by atoms with Gasteiger partial charge in [-0.3, -0.25) is 37.3 Å². The fourth-order valence-corrected chi connectivity index (χ4v) is 10.7. The topological polar surface area (TPSA) is 237 Å². The maximum absolute atomic E-state index is 13.0. The fraction of sp³-hybridized carbons (Fsp3) is 0.877. The van der Waals surface area contributed by atoms with Crippen LogP contribution in [0.4, 0.5) is 0 Å². The normalized spacial score (nSPS) is 14.9. The second-order valence-electron chi connectivity index (χ2n) is 24.0. The van der Waals surface area contributed by atoms with Crippen LogP contribution in [0.5, 0.6) is 0 Å². The first-order chi connectivity index (χ1) is 40.3. The van der Waals surface area contributed by atoms with Gasteiger partial charge in [0.2, 0.25) is 0 Å². The molecule has 0 rings (SSSR count). The Morgan fingerprint density at radius 3 is 1.06 bits per heavy atom. The molecular formula is C65H122O17P2. The Bertz CT molecular complexity index is 1760. The monoisotopic (exact) mass is 1240 g/mol. The average Bonchev–Trinajstić information content (AvgIpc) is 3.53. The smallest absolute Gasteiger partial charge is 0.462 e. The maximum atomic E-state index is 13.0. The van der Waals surface area contributed by atoms with Crippen molar-refractivity contribution in [1.82, 2.24) is 0 Å². The molecular weight excluding hydrogens is 1110 g/mol. The number of ether oxygens (including phenoxy) is 4. The zero-order valence-corrected chi connectivity index (χ0v) is 55.6. The number of esters is 4. The van der Waals surface area contributed by atoms with Gasteiger partial charge >= 0.3 is 39.5 Å². The molecule has 0 heterocycles. The molecule has 0 aliphatic carbocycles. The Kier molecular flexibility index (Phi) is 54.2. The Labute approximate surface area is 510 Å². The molecule has 3 N–H and O–H groups in total. The molecule has 3 unspecified atom stereocenters. The first-order valence-corrected chi connectivity index (χ1v) is 36.2. The van der Waals surface area contributed by atoms with Crippen molar-refractivity contribution in [3.8, 4) is 0 Å². The van der Waals surface area contributed by atoms with Crippen LogP contribution in [0.15, 0.2) is 24.3 Å². The number of unbranched alkanes of at least 4 members (excludes halogenated alkanes) is 25. The molecule has 0 saturated heterocycles. The van der Waals surface area contributed by atoms with Crippen LogP contribution in [-0.2, 0) is 65.4 Å². The number of phosphoric ester groups is 2. The Morgan fingerprint density at radius 2 is 0.702 bits per heavy atom. The van der Waals surface area contributed by atoms with E-state index in [1.165, 1.54) is 77.0 Å². The van der Waals surface area contributed by atoms with Crippen LogP contribution in [-0.4, -0.2) is 96.7 Å². The molecule has 0 aromatic rings. The minimum absolute atomic E-state index is 0.0833. The third kappa shape index (κ3) is 57.3. The highest BCUT2D eigenvalue weighted by atomic mass is 31.2. The molecule has 0 saturated carbocycles. The largest absolute Gasteiger partial charge is 0.472 e. The van der Waals surface area contributed by atoms with Gasteiger partial charge in [-0.1, -0.05) is 240 Å². The minimum Gasteiger partial charge on any atom is -0.462 e. The van der Waals surface area contributed by atoms with E-state index in [2.05, 4.69) is 72.8 Å². The molecule has 84 heavy (non-hydrogen) atoms. The molecule has 0 spiro atoms. The van der Waals surface area contributed by atoms with Crippen molar-refractivity contribution in [1.29, 1.82) is 0 Å². The number of phosphoric acid groups is 2. The molecule has 0 aromatic carbocycles. The number of hydrogen-bond donors (Lipinski definition) is 3. The highest BCUT2D eigenvalue weighted by Gasteiger charge is 2.30. The van der Waals surface area contributed by atoms with Gasteiger partial charge in [0, 0.05) is 25.7 Å². The van der Waals surface area contributed by atoms with Crippen molar-refractivity contribution in [3.05, 3.63) is 24.3 Å². The lowest BCUT2D eigenvalue weighted by Gasteiger charge is -2.21. The molecule has 0 aliphatic heterocycles. The van der Waals surface area contributed by atoms with Crippen molar-refractivity contribution in [2.24, 2.45) is 17.8 Å². The van der Waals surface area contributed by atoms with Crippen molar-refractivity contribution in [3.63, 3.8) is 0 Å². The van der Waals surface area contributed by atoms with Crippen LogP contribution in [0.2, 0.25) is 0 Å². The van der Waals surface area contributed by atoms with Crippen LogP contribution in [0.25, 0.3) is 0 Å². The summed E-state index contributed by atoms with van der Waals surface area (Å²) in [6.45, 7) is 11.5. The van der Waals surface area contributed by atoms with E-state index < -0.39 is 97.5 Å². The van der Waals surface area contributed by atoms with Crippen molar-refractivity contribution >= 4 is 39.5 Å². The maximum Gasteiger partial charge on any atom is 0.472 e. The SMILES string of the molecule is CCCCCC/C=C\C=C/CCCCCCCC(=O)O[C@H](COC(=O)CCCCCCCCC(C)CC)COP(=O)(O)OC[C@@H](O)COP(=O)(O)OC[C@@H](COC(=O)CCCCCCCCC(C)C)OC(=O)CCCCCCCCCC(C)C. The van der Waals surface area contributed by atoms with E-state index in [0.717, 1.165) is 121 Å². The summed E-state index contributed by atoms with van der Waals surface area (Å²) >= 11 is 0. The molecule has 0 amide bonds. The molecule has 0 aliphatic rings. The number of hydrogen-bond acceptors (Lipinski definition) is 15. The van der Waals surface area contributed by atoms with Crippen LogP contribution in [0.1, 0.15) is 292 Å². The van der Waals surface area contributed by atoms with E-state index >= 15 is 0 Å². The van der Waals surface area contributed by atoms with Crippen LogP contribution in [0, 0.1) is 17.8 Å². The van der Waals surface area contributed by atoms with Gasteiger partial charge in [0.25, 0.3) is 0 Å². The molecule has 494 valence electrons. The lowest BCUT2D eigenvalue weighted by Crippen LogP contribution is -2.30. The second kappa shape index (κ2) is 55.8. The summed E-state index contributed by atoms with van der Waals surface area (Å²) in [5, 5.41) is 10.5. The fourth-order valence-electron chi connectivity index (χ4n) is 9.08. The van der Waals surface area contributed by atoms with Crippen molar-refractivity contribution < 1.29 is 80.2 Å². The zero-order chi connectivity index (χ0) is 62.4. The summed E-state index contributed by atoms with van der Waals surface area (Å²) in [7, 11) is -9.90. The standard InChI is InChI=1S/C65H122O17P2/c1-8-10-11-12-13-14-15-16-17-18-19-20-23-34-41-48-64(69)81-60(53-76-63(68)47-40-33-28-26-31-38-45-58(7)9-2)54-79-83(71,72)77-50-59(66)51-78-84(73,74)80-55-61(52-75-62(67)46-39-32-27-25-30-37-44-57(5)6)82-65(70)49-42-35-24-21-22-29-36-43-56(3)4/h14-17,56-61,66H,8-13,18-55H2,1-7H3,(H,71,72)(H,73,74)/b15-14-,17-16-/t58?,59-,60-,61-/m1/s1. The molecule has 0 radical (unpaired) electrons. The summed E-state index contributed by atoms with van der Waals surface area (Å²) in [4.78, 5) is 72.2. The molecule has 6 atom stereocenters. The molecule has 17 nitrogen and oxygen atoms in total. The van der Waals surface area contributed by atoms with Crippen LogP contribution >= 0.6 is 15.6 Å². The van der Waals surface area contributed by atoms with Crippen molar-refractivity contribution in [2.75, 3.05) is 39.6 Å². The van der Waals surface area contributed by atoms with Gasteiger partial charge in [-0.15, -0.1) is 0 Å². The summed E-state index contributed by atoms with van der Waals surface area (Å²) in [5.74, 6) is -0.0712. The number of carbonyl (C=O) groups is 4.